The van der Waals surface area contributed by atoms with Crippen molar-refractivity contribution < 1.29 is 28.8 Å². The lowest BCUT2D eigenvalue weighted by Crippen LogP contribution is -2.24. The van der Waals surface area contributed by atoms with Crippen LogP contribution >= 0.6 is 0 Å². The highest BCUT2D eigenvalue weighted by Gasteiger charge is 2.23. The Morgan fingerprint density at radius 3 is 2.48 bits per heavy atom. The molecular formula is C21H32O6. The van der Waals surface area contributed by atoms with Crippen molar-refractivity contribution in [3.8, 4) is 0 Å². The van der Waals surface area contributed by atoms with E-state index in [1.165, 1.54) is 0 Å². The smallest absolute Gasteiger partial charge is 0.345 e. The minimum absolute atomic E-state index is 0.251. The SMILES string of the molecule is CCCCOC(C)OOC(=O)C(CCCC(=O)OCC)Cc1ccccc1. The zero-order chi connectivity index (χ0) is 19.9. The monoisotopic (exact) mass is 380 g/mol. The van der Waals surface area contributed by atoms with Gasteiger partial charge in [-0.2, -0.15) is 4.89 Å². The van der Waals surface area contributed by atoms with Crippen molar-refractivity contribution >= 4 is 11.9 Å². The standard InChI is InChI=1S/C21H32O6/c1-4-6-15-25-17(3)26-27-21(23)19(13-10-14-20(22)24-5-2)16-18-11-8-7-9-12-18/h7-9,11-12,17,19H,4-6,10,13-16H2,1-3H3. The van der Waals surface area contributed by atoms with Crippen molar-refractivity contribution in [2.75, 3.05) is 13.2 Å². The van der Waals surface area contributed by atoms with Gasteiger partial charge in [0, 0.05) is 13.0 Å². The maximum absolute atomic E-state index is 12.5. The van der Waals surface area contributed by atoms with Gasteiger partial charge in [-0.25, -0.2) is 4.79 Å². The maximum atomic E-state index is 12.5. The first-order chi connectivity index (χ1) is 13.1. The molecule has 0 aliphatic heterocycles. The van der Waals surface area contributed by atoms with Gasteiger partial charge in [-0.15, -0.1) is 0 Å². The number of unbranched alkanes of at least 4 members (excludes halogenated alkanes) is 1. The summed E-state index contributed by atoms with van der Waals surface area (Å²) in [6, 6.07) is 9.70. The average molecular weight is 380 g/mol. The predicted molar refractivity (Wildman–Crippen MR) is 102 cm³/mol. The molecule has 152 valence electrons. The van der Waals surface area contributed by atoms with E-state index in [4.69, 9.17) is 19.2 Å². The molecule has 0 saturated heterocycles. The number of esters is 1. The number of carbonyl (C=O) groups excluding carboxylic acids is 2. The first-order valence-corrected chi connectivity index (χ1v) is 9.75. The maximum Gasteiger partial charge on any atom is 0.345 e. The van der Waals surface area contributed by atoms with Gasteiger partial charge in [-0.3, -0.25) is 9.68 Å². The molecule has 1 aromatic carbocycles. The van der Waals surface area contributed by atoms with Crippen LogP contribution in [-0.4, -0.2) is 31.4 Å². The zero-order valence-electron chi connectivity index (χ0n) is 16.6. The summed E-state index contributed by atoms with van der Waals surface area (Å²) in [5.41, 5.74) is 1.03. The summed E-state index contributed by atoms with van der Waals surface area (Å²) in [6.45, 7) is 6.45. The van der Waals surface area contributed by atoms with Crippen LogP contribution < -0.4 is 0 Å². The van der Waals surface area contributed by atoms with Gasteiger partial charge in [-0.05, 0) is 45.1 Å². The van der Waals surface area contributed by atoms with E-state index >= 15 is 0 Å². The van der Waals surface area contributed by atoms with Gasteiger partial charge < -0.3 is 9.47 Å². The first kappa shape index (κ1) is 23.1. The number of carbonyl (C=O) groups is 2. The summed E-state index contributed by atoms with van der Waals surface area (Å²) >= 11 is 0. The Bertz CT molecular complexity index is 531. The molecule has 0 aliphatic carbocycles. The molecule has 2 atom stereocenters. The molecule has 0 radical (unpaired) electrons. The highest BCUT2D eigenvalue weighted by Crippen LogP contribution is 2.18. The van der Waals surface area contributed by atoms with Crippen LogP contribution in [-0.2, 0) is 35.3 Å². The van der Waals surface area contributed by atoms with Crippen molar-refractivity contribution in [1.82, 2.24) is 0 Å². The Hall–Kier alpha value is -1.92. The highest BCUT2D eigenvalue weighted by molar-refractivity contribution is 5.72. The Morgan fingerprint density at radius 2 is 1.81 bits per heavy atom. The summed E-state index contributed by atoms with van der Waals surface area (Å²) in [5, 5.41) is 0. The normalized spacial score (nSPS) is 13.0. The summed E-state index contributed by atoms with van der Waals surface area (Å²) in [5.74, 6) is -1.10. The number of rotatable bonds is 14. The molecule has 1 aromatic rings. The van der Waals surface area contributed by atoms with E-state index < -0.39 is 18.2 Å². The van der Waals surface area contributed by atoms with Crippen LogP contribution in [0.4, 0.5) is 0 Å². The second-order valence-corrected chi connectivity index (χ2v) is 6.37. The van der Waals surface area contributed by atoms with E-state index in [0.717, 1.165) is 18.4 Å². The summed E-state index contributed by atoms with van der Waals surface area (Å²) in [6.07, 6.45) is 3.20. The Balaban J connectivity index is 2.52. The van der Waals surface area contributed by atoms with Crippen LogP contribution in [0, 0.1) is 5.92 Å². The molecule has 6 heteroatoms. The number of hydrogen-bond acceptors (Lipinski definition) is 6. The van der Waals surface area contributed by atoms with Gasteiger partial charge in [0.05, 0.1) is 12.5 Å². The van der Waals surface area contributed by atoms with Crippen LogP contribution in [0.15, 0.2) is 30.3 Å². The quantitative estimate of drug-likeness (QED) is 0.158. The van der Waals surface area contributed by atoms with Crippen molar-refractivity contribution in [2.45, 2.75) is 65.6 Å². The van der Waals surface area contributed by atoms with Gasteiger partial charge in [-0.1, -0.05) is 43.7 Å². The minimum Gasteiger partial charge on any atom is -0.466 e. The van der Waals surface area contributed by atoms with Gasteiger partial charge in [0.25, 0.3) is 0 Å². The number of ether oxygens (including phenoxy) is 2. The molecule has 0 fully saturated rings. The topological polar surface area (TPSA) is 71.1 Å². The van der Waals surface area contributed by atoms with Gasteiger partial charge in [0.15, 0.2) is 6.29 Å². The van der Waals surface area contributed by atoms with Gasteiger partial charge in [0.2, 0.25) is 0 Å². The highest BCUT2D eigenvalue weighted by atomic mass is 17.2. The fourth-order valence-corrected chi connectivity index (χ4v) is 2.53. The molecule has 0 aromatic heterocycles. The Labute approximate surface area is 162 Å². The molecule has 2 unspecified atom stereocenters. The predicted octanol–water partition coefficient (Wildman–Crippen LogP) is 4.22. The van der Waals surface area contributed by atoms with E-state index in [-0.39, 0.29) is 12.4 Å². The largest absolute Gasteiger partial charge is 0.466 e. The minimum atomic E-state index is -0.614. The Morgan fingerprint density at radius 1 is 1.07 bits per heavy atom. The van der Waals surface area contributed by atoms with E-state index in [1.54, 1.807) is 13.8 Å². The first-order valence-electron chi connectivity index (χ1n) is 9.75. The molecule has 6 nitrogen and oxygen atoms in total. The molecule has 0 spiro atoms. The molecular weight excluding hydrogens is 348 g/mol. The molecule has 27 heavy (non-hydrogen) atoms. The molecule has 0 N–H and O–H groups in total. The third-order valence-electron chi connectivity index (χ3n) is 4.01. The summed E-state index contributed by atoms with van der Waals surface area (Å²) in [7, 11) is 0. The number of benzene rings is 1. The van der Waals surface area contributed by atoms with Gasteiger partial charge >= 0.3 is 11.9 Å². The third-order valence-corrected chi connectivity index (χ3v) is 4.01. The third kappa shape index (κ3) is 10.7. The van der Waals surface area contributed by atoms with Crippen LogP contribution in [0.5, 0.6) is 0 Å². The summed E-state index contributed by atoms with van der Waals surface area (Å²) in [4.78, 5) is 34.0. The van der Waals surface area contributed by atoms with E-state index in [0.29, 0.717) is 32.5 Å². The molecule has 0 heterocycles. The molecule has 0 aliphatic rings. The van der Waals surface area contributed by atoms with E-state index in [2.05, 4.69) is 6.92 Å². The van der Waals surface area contributed by atoms with E-state index in [9.17, 15) is 9.59 Å². The second kappa shape index (κ2) is 14.2. The van der Waals surface area contributed by atoms with Crippen LogP contribution in [0.25, 0.3) is 0 Å². The fourth-order valence-electron chi connectivity index (χ4n) is 2.53. The van der Waals surface area contributed by atoms with Crippen molar-refractivity contribution in [3.63, 3.8) is 0 Å². The van der Waals surface area contributed by atoms with Crippen LogP contribution in [0.1, 0.15) is 58.4 Å². The fraction of sp³-hybridized carbons (Fsp3) is 0.619. The van der Waals surface area contributed by atoms with Gasteiger partial charge in [0.1, 0.15) is 0 Å². The lowest BCUT2D eigenvalue weighted by Gasteiger charge is -2.17. The van der Waals surface area contributed by atoms with Crippen molar-refractivity contribution in [3.05, 3.63) is 35.9 Å². The zero-order valence-corrected chi connectivity index (χ0v) is 16.6. The van der Waals surface area contributed by atoms with Crippen LogP contribution in [0.2, 0.25) is 0 Å². The van der Waals surface area contributed by atoms with E-state index in [1.807, 2.05) is 30.3 Å². The average Bonchev–Trinajstić information content (AvgIpc) is 2.66. The molecule has 1 rings (SSSR count). The second-order valence-electron chi connectivity index (χ2n) is 6.37. The number of hydrogen-bond donors (Lipinski definition) is 0. The van der Waals surface area contributed by atoms with Crippen molar-refractivity contribution in [2.24, 2.45) is 5.92 Å². The lowest BCUT2D eigenvalue weighted by atomic mass is 9.94. The Kier molecular flexibility index (Phi) is 12.1. The molecule has 0 saturated carbocycles. The summed E-state index contributed by atoms with van der Waals surface area (Å²) < 4.78 is 10.3. The lowest BCUT2D eigenvalue weighted by molar-refractivity contribution is -0.349. The molecule has 0 amide bonds. The van der Waals surface area contributed by atoms with Crippen LogP contribution in [0.3, 0.4) is 0 Å². The van der Waals surface area contributed by atoms with Crippen molar-refractivity contribution in [1.29, 1.82) is 0 Å². The molecule has 0 bridgehead atoms.